The number of sulfonamides is 1. The van der Waals surface area contributed by atoms with Gasteiger partial charge in [0, 0.05) is 11.1 Å². The normalized spacial score (nSPS) is 15.7. The molecule has 2 heterocycles. The van der Waals surface area contributed by atoms with Gasteiger partial charge in [-0.3, -0.25) is 9.69 Å². The van der Waals surface area contributed by atoms with Crippen LogP contribution < -0.4 is 4.90 Å². The monoisotopic (exact) mass is 572 g/mol. The molecule has 0 unspecified atom stereocenters. The number of para-hydroxylation sites is 1. The lowest BCUT2D eigenvalue weighted by Gasteiger charge is -2.15. The number of nitrogens with zero attached hydrogens (tertiary/aromatic N) is 4. The molecule has 0 spiro atoms. The summed E-state index contributed by atoms with van der Waals surface area (Å²) in [4.78, 5) is 26.8. The van der Waals surface area contributed by atoms with Gasteiger partial charge in [0.1, 0.15) is 0 Å². The Morgan fingerprint density at radius 2 is 1.70 bits per heavy atom. The van der Waals surface area contributed by atoms with E-state index in [1.165, 1.54) is 21.7 Å². The molecule has 4 aromatic rings. The van der Waals surface area contributed by atoms with Crippen molar-refractivity contribution in [3.63, 3.8) is 0 Å². The summed E-state index contributed by atoms with van der Waals surface area (Å²) in [5.41, 5.74) is 5.05. The van der Waals surface area contributed by atoms with Crippen LogP contribution in [0.2, 0.25) is 0 Å². The van der Waals surface area contributed by atoms with Crippen molar-refractivity contribution in [2.75, 3.05) is 17.3 Å². The summed E-state index contributed by atoms with van der Waals surface area (Å²) in [6.07, 6.45) is 1.41. The number of aryl methyl sites for hydroxylation is 1. The zero-order chi connectivity index (χ0) is 27.9. The quantitative estimate of drug-likeness (QED) is 0.310. The molecule has 0 radical (unpaired) electrons. The topological polar surface area (TPSA) is 111 Å². The van der Waals surface area contributed by atoms with Crippen molar-refractivity contribution in [1.29, 1.82) is 0 Å². The maximum absolute atomic E-state index is 13.2. The molecule has 1 aliphatic carbocycles. The van der Waals surface area contributed by atoms with E-state index < -0.39 is 16.0 Å². The molecule has 1 amide bonds. The van der Waals surface area contributed by atoms with E-state index in [-0.39, 0.29) is 28.3 Å². The zero-order valence-electron chi connectivity index (χ0n) is 21.5. The second kappa shape index (κ2) is 10.4. The van der Waals surface area contributed by atoms with Crippen LogP contribution in [0.4, 0.5) is 5.69 Å². The molecule has 0 N–H and O–H groups in total. The van der Waals surface area contributed by atoms with Gasteiger partial charge in [0.15, 0.2) is 10.9 Å². The van der Waals surface area contributed by atoms with Gasteiger partial charge in [0.25, 0.3) is 10.0 Å². The molecule has 9 nitrogen and oxygen atoms in total. The molecule has 11 heteroatoms. The Balaban J connectivity index is 1.37. The first-order chi connectivity index (χ1) is 19.4. The molecule has 3 aromatic carbocycles. The molecular weight excluding hydrogens is 548 g/mol. The second-order valence-corrected chi connectivity index (χ2v) is 11.7. The van der Waals surface area contributed by atoms with Crippen molar-refractivity contribution in [2.45, 2.75) is 24.7 Å². The van der Waals surface area contributed by atoms with Gasteiger partial charge >= 0.3 is 5.97 Å². The van der Waals surface area contributed by atoms with Crippen molar-refractivity contribution in [1.82, 2.24) is 9.78 Å². The predicted molar refractivity (Wildman–Crippen MR) is 153 cm³/mol. The van der Waals surface area contributed by atoms with E-state index in [2.05, 4.69) is 10.5 Å². The van der Waals surface area contributed by atoms with Crippen LogP contribution in [-0.2, 0) is 32.4 Å². The summed E-state index contributed by atoms with van der Waals surface area (Å²) in [5.74, 6) is -0.620. The van der Waals surface area contributed by atoms with E-state index in [0.29, 0.717) is 23.5 Å². The van der Waals surface area contributed by atoms with Gasteiger partial charge in [-0.25, -0.2) is 9.48 Å². The number of hydrogen-bond donors (Lipinski definition) is 0. The summed E-state index contributed by atoms with van der Waals surface area (Å²) in [6, 6.07) is 22.8. The molecule has 1 aliphatic heterocycles. The highest BCUT2D eigenvalue weighted by molar-refractivity contribution is 8.16. The van der Waals surface area contributed by atoms with Gasteiger partial charge in [0.05, 0.1) is 34.3 Å². The minimum atomic E-state index is -4.13. The van der Waals surface area contributed by atoms with Crippen LogP contribution in [0.3, 0.4) is 0 Å². The number of aromatic nitrogens is 2. The number of carbonyl (C=O) groups is 2. The average molecular weight is 573 g/mol. The molecule has 6 rings (SSSR count). The first-order valence-electron chi connectivity index (χ1n) is 12.7. The Labute approximate surface area is 235 Å². The number of fused-ring (bicyclic) bond motifs is 3. The van der Waals surface area contributed by atoms with Crippen LogP contribution in [0.15, 0.2) is 88.2 Å². The molecular formula is C29H24N4O5S2. The fraction of sp³-hybridized carbons (Fsp3) is 0.172. The van der Waals surface area contributed by atoms with Gasteiger partial charge in [0.2, 0.25) is 5.91 Å². The lowest BCUT2D eigenvalue weighted by atomic mass is 9.89. The molecule has 0 bridgehead atoms. The van der Waals surface area contributed by atoms with Crippen molar-refractivity contribution < 1.29 is 22.7 Å². The Morgan fingerprint density at radius 3 is 2.45 bits per heavy atom. The first-order valence-corrected chi connectivity index (χ1v) is 15.1. The predicted octanol–water partition coefficient (Wildman–Crippen LogP) is 4.64. The number of anilines is 1. The highest BCUT2D eigenvalue weighted by Gasteiger charge is 2.32. The SMILES string of the molecule is CCOC(=O)c1c2c(nn1-c1ccc(S(=O)(=O)/N=C3\SCC(=O)N3c3ccccc3)cc1)-c1ccccc1CC2. The van der Waals surface area contributed by atoms with Crippen LogP contribution in [0.1, 0.15) is 28.5 Å². The van der Waals surface area contributed by atoms with Gasteiger partial charge in [-0.1, -0.05) is 54.2 Å². The van der Waals surface area contributed by atoms with Gasteiger partial charge in [-0.15, -0.1) is 4.40 Å². The summed E-state index contributed by atoms with van der Waals surface area (Å²) >= 11 is 1.08. The van der Waals surface area contributed by atoms with E-state index in [1.807, 2.05) is 24.3 Å². The molecule has 0 atom stereocenters. The smallest absolute Gasteiger partial charge is 0.357 e. The van der Waals surface area contributed by atoms with Crippen LogP contribution in [0, 0.1) is 0 Å². The molecule has 2 aliphatic rings. The minimum Gasteiger partial charge on any atom is -0.461 e. The number of ether oxygens (including phenoxy) is 1. The lowest BCUT2D eigenvalue weighted by Crippen LogP contribution is -2.29. The van der Waals surface area contributed by atoms with Crippen molar-refractivity contribution in [2.24, 2.45) is 4.40 Å². The van der Waals surface area contributed by atoms with Gasteiger partial charge in [-0.05, 0) is 61.7 Å². The van der Waals surface area contributed by atoms with Gasteiger partial charge < -0.3 is 4.74 Å². The first kappa shape index (κ1) is 26.0. The van der Waals surface area contributed by atoms with Crippen LogP contribution in [0.25, 0.3) is 16.9 Å². The molecule has 1 fully saturated rings. The van der Waals surface area contributed by atoms with Crippen LogP contribution in [-0.4, -0.2) is 47.6 Å². The fourth-order valence-electron chi connectivity index (χ4n) is 4.90. The third-order valence-corrected chi connectivity index (χ3v) is 9.05. The number of esters is 1. The van der Waals surface area contributed by atoms with Crippen LogP contribution >= 0.6 is 11.8 Å². The minimum absolute atomic E-state index is 0.0448. The Morgan fingerprint density at radius 1 is 0.975 bits per heavy atom. The van der Waals surface area contributed by atoms with Crippen molar-refractivity contribution in [3.05, 3.63) is 95.7 Å². The number of hydrogen-bond acceptors (Lipinski definition) is 7. The number of benzene rings is 3. The summed E-state index contributed by atoms with van der Waals surface area (Å²) < 4.78 is 37.4. The maximum Gasteiger partial charge on any atom is 0.357 e. The summed E-state index contributed by atoms with van der Waals surface area (Å²) in [5, 5.41) is 4.88. The summed E-state index contributed by atoms with van der Waals surface area (Å²) in [7, 11) is -4.13. The van der Waals surface area contributed by atoms with Crippen molar-refractivity contribution >= 4 is 44.5 Å². The summed E-state index contributed by atoms with van der Waals surface area (Å²) in [6.45, 7) is 1.96. The third-order valence-electron chi connectivity index (χ3n) is 6.73. The van der Waals surface area contributed by atoms with Crippen LogP contribution in [0.5, 0.6) is 0 Å². The molecule has 40 heavy (non-hydrogen) atoms. The van der Waals surface area contributed by atoms with E-state index in [1.54, 1.807) is 43.3 Å². The number of amides is 1. The molecule has 202 valence electrons. The number of rotatable bonds is 6. The Bertz CT molecular complexity index is 1760. The number of carbonyl (C=O) groups excluding carboxylic acids is 2. The molecule has 1 aromatic heterocycles. The average Bonchev–Trinajstić information content (AvgIpc) is 3.54. The molecule has 0 saturated carbocycles. The standard InChI is InChI=1S/C29H24N4O5S2/c1-2-38-28(35)27-24-17-12-19-8-6-7-11-23(19)26(24)30-33(27)21-13-15-22(16-14-21)40(36,37)31-29-32(25(34)18-39-29)20-9-4-3-5-10-20/h3-11,13-16H,2,12,17-18H2,1H3/b31-29-. The number of thioether (sulfide) groups is 1. The van der Waals surface area contributed by atoms with E-state index >= 15 is 0 Å². The zero-order valence-corrected chi connectivity index (χ0v) is 23.1. The van der Waals surface area contributed by atoms with Gasteiger partial charge in [-0.2, -0.15) is 13.5 Å². The molecule has 1 saturated heterocycles. The lowest BCUT2D eigenvalue weighted by molar-refractivity contribution is -0.115. The number of amidine groups is 1. The van der Waals surface area contributed by atoms with Crippen molar-refractivity contribution in [3.8, 4) is 16.9 Å². The van der Waals surface area contributed by atoms with E-state index in [4.69, 9.17) is 9.84 Å². The fourth-order valence-corrected chi connectivity index (χ4v) is 7.00. The maximum atomic E-state index is 13.2. The Hall–Kier alpha value is -4.22. The largest absolute Gasteiger partial charge is 0.461 e. The van der Waals surface area contributed by atoms with E-state index in [0.717, 1.165) is 40.6 Å². The highest BCUT2D eigenvalue weighted by Crippen LogP contribution is 2.36. The Kier molecular flexibility index (Phi) is 6.77. The third kappa shape index (κ3) is 4.61. The van der Waals surface area contributed by atoms with E-state index in [9.17, 15) is 18.0 Å². The second-order valence-electron chi connectivity index (χ2n) is 9.16. The highest BCUT2D eigenvalue weighted by atomic mass is 32.2.